The molecule has 24 heavy (non-hydrogen) atoms. The van der Waals surface area contributed by atoms with E-state index in [0.717, 1.165) is 37.6 Å². The van der Waals surface area contributed by atoms with Crippen molar-refractivity contribution in [3.8, 4) is 0 Å². The van der Waals surface area contributed by atoms with Crippen LogP contribution in [0.3, 0.4) is 0 Å². The van der Waals surface area contributed by atoms with Crippen molar-refractivity contribution in [3.63, 3.8) is 0 Å². The van der Waals surface area contributed by atoms with Crippen LogP contribution in [-0.2, 0) is 11.3 Å². The fourth-order valence-corrected chi connectivity index (χ4v) is 2.10. The number of aromatic nitrogens is 1. The molecule has 7 heteroatoms. The van der Waals surface area contributed by atoms with E-state index >= 15 is 0 Å². The Balaban J connectivity index is 0.00000529. The van der Waals surface area contributed by atoms with E-state index in [4.69, 9.17) is 4.74 Å². The van der Waals surface area contributed by atoms with Gasteiger partial charge in [0.25, 0.3) is 5.56 Å². The van der Waals surface area contributed by atoms with E-state index in [-0.39, 0.29) is 35.1 Å². The molecule has 1 aromatic heterocycles. The van der Waals surface area contributed by atoms with Gasteiger partial charge in [0.2, 0.25) is 0 Å². The summed E-state index contributed by atoms with van der Waals surface area (Å²) in [6.07, 6.45) is 1.91. The van der Waals surface area contributed by atoms with Crippen molar-refractivity contribution in [1.82, 2.24) is 15.2 Å². The zero-order valence-electron chi connectivity index (χ0n) is 15.4. The van der Waals surface area contributed by atoms with Crippen LogP contribution in [0.15, 0.2) is 28.0 Å². The Kier molecular flexibility index (Phi) is 10.9. The average Bonchev–Trinajstić information content (AvgIpc) is 2.52. The molecule has 0 amide bonds. The summed E-state index contributed by atoms with van der Waals surface area (Å²) in [6, 6.07) is 5.37. The van der Waals surface area contributed by atoms with E-state index in [0.29, 0.717) is 6.54 Å². The van der Waals surface area contributed by atoms with Crippen LogP contribution in [0.2, 0.25) is 0 Å². The number of nitrogens with one attached hydrogen (secondary N) is 2. The zero-order valence-corrected chi connectivity index (χ0v) is 17.7. The van der Waals surface area contributed by atoms with Gasteiger partial charge >= 0.3 is 0 Å². The molecule has 0 aliphatic heterocycles. The third kappa shape index (κ3) is 8.14. The fourth-order valence-electron chi connectivity index (χ4n) is 2.10. The van der Waals surface area contributed by atoms with Crippen LogP contribution in [0.1, 0.15) is 32.4 Å². The van der Waals surface area contributed by atoms with Gasteiger partial charge in [-0.15, -0.1) is 24.0 Å². The van der Waals surface area contributed by atoms with Gasteiger partial charge < -0.3 is 19.9 Å². The predicted molar refractivity (Wildman–Crippen MR) is 111 cm³/mol. The molecule has 0 radical (unpaired) electrons. The van der Waals surface area contributed by atoms with Gasteiger partial charge in [0.15, 0.2) is 5.96 Å². The van der Waals surface area contributed by atoms with Crippen LogP contribution in [-0.4, -0.2) is 43.4 Å². The summed E-state index contributed by atoms with van der Waals surface area (Å²) >= 11 is 0. The second-order valence-corrected chi connectivity index (χ2v) is 6.18. The molecule has 0 aliphatic carbocycles. The smallest absolute Gasteiger partial charge is 0.250 e. The van der Waals surface area contributed by atoms with Crippen molar-refractivity contribution in [1.29, 1.82) is 0 Å². The lowest BCUT2D eigenvalue weighted by atomic mass is 10.1. The number of aliphatic imine (C=N–C) groups is 1. The number of pyridine rings is 1. The molecule has 0 saturated heterocycles. The van der Waals surface area contributed by atoms with E-state index in [1.54, 1.807) is 26.3 Å². The molecule has 0 unspecified atom stereocenters. The lowest BCUT2D eigenvalue weighted by molar-refractivity contribution is 0.0268. The molecule has 1 heterocycles. The van der Waals surface area contributed by atoms with E-state index in [1.165, 1.54) is 0 Å². The summed E-state index contributed by atoms with van der Waals surface area (Å²) in [5.41, 5.74) is 0.839. The van der Waals surface area contributed by atoms with Crippen LogP contribution in [0.5, 0.6) is 0 Å². The van der Waals surface area contributed by atoms with Gasteiger partial charge in [-0.3, -0.25) is 9.79 Å². The van der Waals surface area contributed by atoms with Crippen molar-refractivity contribution in [2.75, 3.05) is 27.2 Å². The predicted octanol–water partition coefficient (Wildman–Crippen LogP) is 2.14. The second kappa shape index (κ2) is 11.5. The molecule has 0 bridgehead atoms. The zero-order chi connectivity index (χ0) is 17.3. The van der Waals surface area contributed by atoms with Gasteiger partial charge in [-0.2, -0.15) is 0 Å². The number of rotatable bonds is 8. The number of methoxy groups -OCH3 is 1. The molecular weight excluding hydrogens is 419 g/mol. The van der Waals surface area contributed by atoms with Gasteiger partial charge in [-0.25, -0.2) is 0 Å². The maximum atomic E-state index is 11.8. The molecule has 2 N–H and O–H groups in total. The second-order valence-electron chi connectivity index (χ2n) is 6.18. The lowest BCUT2D eigenvalue weighted by Gasteiger charge is -2.24. The highest BCUT2D eigenvalue weighted by molar-refractivity contribution is 14.0. The monoisotopic (exact) mass is 450 g/mol. The SMILES string of the molecule is CN=C(NCCCCn1c(C)cccc1=O)NCC(C)(C)OC.I. The Morgan fingerprint density at radius 3 is 2.58 bits per heavy atom. The van der Waals surface area contributed by atoms with Crippen molar-refractivity contribution in [2.45, 2.75) is 45.8 Å². The minimum absolute atomic E-state index is 0. The summed E-state index contributed by atoms with van der Waals surface area (Å²) in [4.78, 5) is 16.0. The molecule has 6 nitrogen and oxygen atoms in total. The first-order valence-electron chi connectivity index (χ1n) is 8.06. The van der Waals surface area contributed by atoms with Gasteiger partial charge in [-0.1, -0.05) is 6.07 Å². The first-order chi connectivity index (χ1) is 10.9. The van der Waals surface area contributed by atoms with Gasteiger partial charge in [0.1, 0.15) is 0 Å². The number of aryl methyl sites for hydroxylation is 1. The number of nitrogens with zero attached hydrogens (tertiary/aromatic N) is 2. The van der Waals surface area contributed by atoms with Crippen molar-refractivity contribution in [2.24, 2.45) is 4.99 Å². The number of halogens is 1. The quantitative estimate of drug-likeness (QED) is 0.276. The molecule has 0 spiro atoms. The van der Waals surface area contributed by atoms with Crippen LogP contribution >= 0.6 is 24.0 Å². The Morgan fingerprint density at radius 2 is 2.00 bits per heavy atom. The van der Waals surface area contributed by atoms with Crippen molar-refractivity contribution in [3.05, 3.63) is 34.2 Å². The summed E-state index contributed by atoms with van der Waals surface area (Å²) in [6.45, 7) is 8.24. The maximum Gasteiger partial charge on any atom is 0.250 e. The molecule has 0 fully saturated rings. The third-order valence-corrected chi connectivity index (χ3v) is 3.83. The van der Waals surface area contributed by atoms with Gasteiger partial charge in [0, 0.05) is 45.6 Å². The summed E-state index contributed by atoms with van der Waals surface area (Å²) in [5.74, 6) is 0.767. The van der Waals surface area contributed by atoms with E-state index in [9.17, 15) is 4.79 Å². The van der Waals surface area contributed by atoms with Crippen molar-refractivity contribution >= 4 is 29.9 Å². The number of ether oxygens (including phenoxy) is 1. The first kappa shape index (κ1) is 22.9. The number of guanidine groups is 1. The van der Waals surface area contributed by atoms with E-state index in [1.807, 2.05) is 31.4 Å². The Hall–Kier alpha value is -1.09. The van der Waals surface area contributed by atoms with Crippen LogP contribution in [0, 0.1) is 6.92 Å². The highest BCUT2D eigenvalue weighted by Gasteiger charge is 2.16. The maximum absolute atomic E-state index is 11.8. The standard InChI is InChI=1S/C17H30N4O2.HI/c1-14-9-8-10-15(22)21(14)12-7-6-11-19-16(18-4)20-13-17(2,3)23-5;/h8-10H,6-7,11-13H2,1-5H3,(H2,18,19,20);1H. The minimum Gasteiger partial charge on any atom is -0.377 e. The third-order valence-electron chi connectivity index (χ3n) is 3.83. The lowest BCUT2D eigenvalue weighted by Crippen LogP contribution is -2.45. The molecule has 0 atom stereocenters. The Labute approximate surface area is 162 Å². The van der Waals surface area contributed by atoms with E-state index < -0.39 is 0 Å². The normalized spacial score (nSPS) is 11.8. The number of hydrogen-bond acceptors (Lipinski definition) is 3. The summed E-state index contributed by atoms with van der Waals surface area (Å²) in [5, 5.41) is 6.52. The molecule has 0 aliphatic rings. The number of unbranched alkanes of at least 4 members (excludes halogenated alkanes) is 1. The highest BCUT2D eigenvalue weighted by Crippen LogP contribution is 2.04. The molecule has 0 aromatic carbocycles. The van der Waals surface area contributed by atoms with Crippen LogP contribution in [0.25, 0.3) is 0 Å². The van der Waals surface area contributed by atoms with Crippen molar-refractivity contribution < 1.29 is 4.74 Å². The highest BCUT2D eigenvalue weighted by atomic mass is 127. The van der Waals surface area contributed by atoms with Crippen LogP contribution in [0.4, 0.5) is 0 Å². The van der Waals surface area contributed by atoms with E-state index in [2.05, 4.69) is 15.6 Å². The molecular formula is C17H31IN4O2. The summed E-state index contributed by atoms with van der Waals surface area (Å²) in [7, 11) is 3.45. The van der Waals surface area contributed by atoms with Gasteiger partial charge in [-0.05, 0) is 39.7 Å². The summed E-state index contributed by atoms with van der Waals surface area (Å²) < 4.78 is 7.18. The Morgan fingerprint density at radius 1 is 1.29 bits per heavy atom. The molecule has 0 saturated carbocycles. The largest absolute Gasteiger partial charge is 0.377 e. The Bertz CT molecular complexity index is 570. The molecule has 138 valence electrons. The average molecular weight is 450 g/mol. The van der Waals surface area contributed by atoms with Gasteiger partial charge in [0.05, 0.1) is 5.60 Å². The first-order valence-corrected chi connectivity index (χ1v) is 8.06. The molecule has 1 aromatic rings. The van der Waals surface area contributed by atoms with Crippen LogP contribution < -0.4 is 16.2 Å². The number of hydrogen-bond donors (Lipinski definition) is 2. The molecule has 1 rings (SSSR count). The fraction of sp³-hybridized carbons (Fsp3) is 0.647. The topological polar surface area (TPSA) is 67.7 Å². The minimum atomic E-state index is -0.233.